The monoisotopic (exact) mass is 147 g/mol. The Morgan fingerprint density at radius 1 is 1.78 bits per heavy atom. The Morgan fingerprint density at radius 3 is 3.00 bits per heavy atom. The van der Waals surface area contributed by atoms with E-state index in [0.717, 1.165) is 6.42 Å². The van der Waals surface area contributed by atoms with Crippen LogP contribution in [0, 0.1) is 5.92 Å². The van der Waals surface area contributed by atoms with Crippen molar-refractivity contribution in [2.45, 2.75) is 6.42 Å². The van der Waals surface area contributed by atoms with Gasteiger partial charge in [0.25, 0.3) is 0 Å². The normalized spacial score (nSPS) is 26.1. The highest BCUT2D eigenvalue weighted by Crippen LogP contribution is 2.11. The van der Waals surface area contributed by atoms with Crippen molar-refractivity contribution in [1.29, 1.82) is 0 Å². The molecule has 1 amide bonds. The minimum atomic E-state index is -0.0316. The van der Waals surface area contributed by atoms with Crippen molar-refractivity contribution in [3.05, 3.63) is 0 Å². The molecule has 3 nitrogen and oxygen atoms in total. The van der Waals surface area contributed by atoms with E-state index in [9.17, 15) is 4.79 Å². The molecule has 1 aliphatic rings. The van der Waals surface area contributed by atoms with Crippen LogP contribution in [-0.4, -0.2) is 19.1 Å². The molecule has 4 heteroatoms. The summed E-state index contributed by atoms with van der Waals surface area (Å²) in [5, 5.41) is 0. The van der Waals surface area contributed by atoms with Crippen molar-refractivity contribution in [2.24, 2.45) is 5.92 Å². The zero-order chi connectivity index (χ0) is 6.69. The van der Waals surface area contributed by atoms with Gasteiger partial charge >= 0.3 is 0 Å². The van der Waals surface area contributed by atoms with Gasteiger partial charge in [0, 0.05) is 6.61 Å². The maximum Gasteiger partial charge on any atom is 0.235 e. The molecule has 1 unspecified atom stereocenters. The van der Waals surface area contributed by atoms with Crippen molar-refractivity contribution >= 4 is 18.7 Å². The standard InChI is InChI=1S/C5H9NO2S/c7-5(6-9)4-1-2-8-3-4/h4,9H,1-3H2,(H,6,7). The maximum absolute atomic E-state index is 10.7. The molecule has 1 aliphatic heterocycles. The first-order chi connectivity index (χ1) is 4.34. The van der Waals surface area contributed by atoms with Crippen molar-refractivity contribution in [2.75, 3.05) is 13.2 Å². The van der Waals surface area contributed by atoms with Crippen molar-refractivity contribution in [1.82, 2.24) is 4.72 Å². The molecule has 52 valence electrons. The Morgan fingerprint density at radius 2 is 2.56 bits per heavy atom. The van der Waals surface area contributed by atoms with Crippen LogP contribution in [0.15, 0.2) is 0 Å². The fraction of sp³-hybridized carbons (Fsp3) is 0.800. The summed E-state index contributed by atoms with van der Waals surface area (Å²) < 4.78 is 7.27. The first-order valence-corrected chi connectivity index (χ1v) is 3.31. The second-order valence-electron chi connectivity index (χ2n) is 2.04. The quantitative estimate of drug-likeness (QED) is 0.512. The van der Waals surface area contributed by atoms with Gasteiger partial charge in [0.15, 0.2) is 0 Å². The molecule has 1 atom stereocenters. The van der Waals surface area contributed by atoms with E-state index in [-0.39, 0.29) is 11.8 Å². The van der Waals surface area contributed by atoms with E-state index < -0.39 is 0 Å². The second-order valence-corrected chi connectivity index (χ2v) is 2.26. The molecule has 0 aromatic carbocycles. The highest BCUT2D eigenvalue weighted by atomic mass is 32.1. The lowest BCUT2D eigenvalue weighted by atomic mass is 10.1. The van der Waals surface area contributed by atoms with Crippen LogP contribution in [0.2, 0.25) is 0 Å². The van der Waals surface area contributed by atoms with Gasteiger partial charge in [0.05, 0.1) is 12.5 Å². The number of hydrogen-bond acceptors (Lipinski definition) is 3. The summed E-state index contributed by atoms with van der Waals surface area (Å²) in [6, 6.07) is 0. The molecular formula is C5H9NO2S. The van der Waals surface area contributed by atoms with Crippen LogP contribution in [0.1, 0.15) is 6.42 Å². The molecule has 1 saturated heterocycles. The summed E-state index contributed by atoms with van der Waals surface area (Å²) in [6.45, 7) is 1.25. The maximum atomic E-state index is 10.7. The van der Waals surface area contributed by atoms with Crippen molar-refractivity contribution < 1.29 is 9.53 Å². The van der Waals surface area contributed by atoms with Gasteiger partial charge in [0.1, 0.15) is 0 Å². The van der Waals surface area contributed by atoms with Crippen LogP contribution in [0.25, 0.3) is 0 Å². The number of nitrogens with one attached hydrogen (secondary N) is 1. The topological polar surface area (TPSA) is 38.3 Å². The highest BCUT2D eigenvalue weighted by molar-refractivity contribution is 7.78. The van der Waals surface area contributed by atoms with E-state index in [1.165, 1.54) is 0 Å². The largest absolute Gasteiger partial charge is 0.381 e. The van der Waals surface area contributed by atoms with Gasteiger partial charge in [-0.05, 0) is 6.42 Å². The predicted molar refractivity (Wildman–Crippen MR) is 36.1 cm³/mol. The van der Waals surface area contributed by atoms with E-state index in [1.807, 2.05) is 0 Å². The number of carbonyl (C=O) groups is 1. The molecule has 0 spiro atoms. The molecule has 0 bridgehead atoms. The lowest BCUT2D eigenvalue weighted by Crippen LogP contribution is -2.23. The fourth-order valence-corrected chi connectivity index (χ4v) is 1.02. The van der Waals surface area contributed by atoms with E-state index in [2.05, 4.69) is 17.5 Å². The molecule has 9 heavy (non-hydrogen) atoms. The van der Waals surface area contributed by atoms with Crippen LogP contribution in [0.5, 0.6) is 0 Å². The number of amides is 1. The molecule has 0 radical (unpaired) electrons. The van der Waals surface area contributed by atoms with Gasteiger partial charge in [-0.2, -0.15) is 0 Å². The number of rotatable bonds is 1. The third-order valence-electron chi connectivity index (χ3n) is 1.41. The van der Waals surface area contributed by atoms with Crippen molar-refractivity contribution in [3.63, 3.8) is 0 Å². The summed E-state index contributed by atoms with van der Waals surface area (Å²) in [7, 11) is 0. The number of hydrogen-bond donors (Lipinski definition) is 2. The van der Waals surface area contributed by atoms with Gasteiger partial charge in [0.2, 0.25) is 5.91 Å². The second kappa shape index (κ2) is 3.08. The Bertz CT molecular complexity index is 112. The molecule has 0 aliphatic carbocycles. The van der Waals surface area contributed by atoms with Crippen molar-refractivity contribution in [3.8, 4) is 0 Å². The van der Waals surface area contributed by atoms with Gasteiger partial charge in [-0.25, -0.2) is 0 Å². The van der Waals surface area contributed by atoms with Gasteiger partial charge in [-0.1, -0.05) is 12.8 Å². The summed E-state index contributed by atoms with van der Waals surface area (Å²) in [5.74, 6) is -0.00154. The molecule has 0 aromatic heterocycles. The van der Waals surface area contributed by atoms with E-state index in [4.69, 9.17) is 4.74 Å². The SMILES string of the molecule is O=C(NS)C1CCOC1. The Labute approximate surface area is 59.3 Å². The van der Waals surface area contributed by atoms with Crippen LogP contribution in [-0.2, 0) is 9.53 Å². The summed E-state index contributed by atoms with van der Waals surface area (Å²) in [5.41, 5.74) is 0. The summed E-state index contributed by atoms with van der Waals surface area (Å²) in [6.07, 6.45) is 0.826. The van der Waals surface area contributed by atoms with Gasteiger partial charge in [-0.3, -0.25) is 4.79 Å². The lowest BCUT2D eigenvalue weighted by molar-refractivity contribution is -0.122. The van der Waals surface area contributed by atoms with Crippen LogP contribution >= 0.6 is 12.8 Å². The number of ether oxygens (including phenoxy) is 1. The Hall–Kier alpha value is -0.220. The molecule has 1 heterocycles. The minimum Gasteiger partial charge on any atom is -0.381 e. The van der Waals surface area contributed by atoms with E-state index in [0.29, 0.717) is 13.2 Å². The lowest BCUT2D eigenvalue weighted by Gasteiger charge is -2.01. The van der Waals surface area contributed by atoms with Crippen LogP contribution in [0.3, 0.4) is 0 Å². The molecule has 1 rings (SSSR count). The first kappa shape index (κ1) is 6.89. The van der Waals surface area contributed by atoms with Crippen LogP contribution in [0.4, 0.5) is 0 Å². The number of thiol groups is 1. The highest BCUT2D eigenvalue weighted by Gasteiger charge is 2.22. The molecule has 1 N–H and O–H groups in total. The summed E-state index contributed by atoms with van der Waals surface area (Å²) >= 11 is 3.64. The first-order valence-electron chi connectivity index (χ1n) is 2.86. The Balaban J connectivity index is 2.32. The number of carbonyl (C=O) groups excluding carboxylic acids is 1. The summed E-state index contributed by atoms with van der Waals surface area (Å²) in [4.78, 5) is 10.7. The smallest absolute Gasteiger partial charge is 0.235 e. The molecular weight excluding hydrogens is 138 g/mol. The van der Waals surface area contributed by atoms with Gasteiger partial charge in [-0.15, -0.1) is 0 Å². The molecule has 0 aromatic rings. The minimum absolute atomic E-state index is 0.0301. The molecule has 0 saturated carbocycles. The average molecular weight is 147 g/mol. The van der Waals surface area contributed by atoms with E-state index in [1.54, 1.807) is 0 Å². The predicted octanol–water partition coefficient (Wildman–Crippen LogP) is -0.0161. The van der Waals surface area contributed by atoms with Gasteiger partial charge < -0.3 is 9.46 Å². The third-order valence-corrected chi connectivity index (χ3v) is 1.63. The van der Waals surface area contributed by atoms with Crippen LogP contribution < -0.4 is 4.72 Å². The average Bonchev–Trinajstić information content (AvgIpc) is 2.37. The zero-order valence-electron chi connectivity index (χ0n) is 4.96. The Kier molecular flexibility index (Phi) is 2.36. The third kappa shape index (κ3) is 1.59. The fourth-order valence-electron chi connectivity index (χ4n) is 0.833. The van der Waals surface area contributed by atoms with E-state index >= 15 is 0 Å². The zero-order valence-corrected chi connectivity index (χ0v) is 5.86. The molecule has 1 fully saturated rings.